The second-order valence-corrected chi connectivity index (χ2v) is 12.5. The molecule has 4 aliphatic rings. The zero-order valence-electron chi connectivity index (χ0n) is 26.8. The molecule has 3 heterocycles. The fourth-order valence-electron chi connectivity index (χ4n) is 6.57. The normalized spacial score (nSPS) is 27.6. The Kier molecular flexibility index (Phi) is 9.53. The van der Waals surface area contributed by atoms with Gasteiger partial charge in [-0.1, -0.05) is 12.2 Å². The summed E-state index contributed by atoms with van der Waals surface area (Å²) in [4.78, 5) is 27.9. The number of allylic oxidation sites excluding steroid dienone is 4. The average Bonchev–Trinajstić information content (AvgIpc) is 3.09. The van der Waals surface area contributed by atoms with Crippen LogP contribution in [-0.2, 0) is 11.2 Å². The van der Waals surface area contributed by atoms with Gasteiger partial charge < -0.3 is 61.8 Å². The number of aliphatic hydroxyl groups is 4. The SMILES string of the molecule is COc1cc(OC2OC(CO)C(O)(CCC3=CCNC(N)=C3)C(O)C2O)c2c(c1)C(=O)c1cc(CCC3=CNC(N)C=C3)cc(O)c1C2=O. The van der Waals surface area contributed by atoms with Crippen molar-refractivity contribution >= 4 is 11.6 Å². The lowest BCUT2D eigenvalue weighted by Gasteiger charge is -2.48. The van der Waals surface area contributed by atoms with Gasteiger partial charge in [0.05, 0.1) is 36.8 Å². The number of methoxy groups -OCH3 is 1. The number of fused-ring (bicyclic) bond motifs is 2. The topological polar surface area (TPSA) is 239 Å². The van der Waals surface area contributed by atoms with Gasteiger partial charge >= 0.3 is 0 Å². The minimum atomic E-state index is -2.09. The average molecular weight is 677 g/mol. The van der Waals surface area contributed by atoms with Crippen molar-refractivity contribution in [3.63, 3.8) is 0 Å². The van der Waals surface area contributed by atoms with Crippen molar-refractivity contribution in [2.45, 2.75) is 62.1 Å². The van der Waals surface area contributed by atoms with Gasteiger partial charge in [-0.2, -0.15) is 0 Å². The third-order valence-electron chi connectivity index (χ3n) is 9.32. The third kappa shape index (κ3) is 6.54. The molecule has 260 valence electrons. The molecule has 0 amide bonds. The van der Waals surface area contributed by atoms with E-state index in [9.17, 15) is 35.1 Å². The Bertz CT molecular complexity index is 1780. The molecule has 6 rings (SSSR count). The number of phenolic OH excluding ortho intramolecular Hbond substituents is 1. The maximum Gasteiger partial charge on any atom is 0.229 e. The van der Waals surface area contributed by atoms with Crippen LogP contribution in [-0.4, -0.2) is 93.7 Å². The van der Waals surface area contributed by atoms with E-state index in [1.165, 1.54) is 25.3 Å². The lowest BCUT2D eigenvalue weighted by atomic mass is 9.79. The quantitative estimate of drug-likeness (QED) is 0.138. The summed E-state index contributed by atoms with van der Waals surface area (Å²) in [5, 5.41) is 60.9. The van der Waals surface area contributed by atoms with Gasteiger partial charge in [-0.25, -0.2) is 0 Å². The van der Waals surface area contributed by atoms with Crippen molar-refractivity contribution in [1.29, 1.82) is 0 Å². The summed E-state index contributed by atoms with van der Waals surface area (Å²) in [5.74, 6) is -1.32. The Morgan fingerprint density at radius 2 is 1.82 bits per heavy atom. The summed E-state index contributed by atoms with van der Waals surface area (Å²) in [7, 11) is 1.35. The maximum absolute atomic E-state index is 14.0. The van der Waals surface area contributed by atoms with Crippen LogP contribution in [0.2, 0.25) is 0 Å². The predicted octanol–water partition coefficient (Wildman–Crippen LogP) is 0.0957. The number of hydrogen-bond donors (Lipinski definition) is 9. The number of dihydropyridines is 2. The van der Waals surface area contributed by atoms with Gasteiger partial charge in [-0.3, -0.25) is 9.59 Å². The van der Waals surface area contributed by atoms with E-state index >= 15 is 0 Å². The van der Waals surface area contributed by atoms with E-state index in [-0.39, 0.29) is 58.5 Å². The fourth-order valence-corrected chi connectivity index (χ4v) is 6.57. The van der Waals surface area contributed by atoms with Crippen molar-refractivity contribution in [3.8, 4) is 17.2 Å². The monoisotopic (exact) mass is 676 g/mol. The number of ketones is 2. The highest BCUT2D eigenvalue weighted by atomic mass is 16.7. The molecule has 1 fully saturated rings. The molecule has 11 N–H and O–H groups in total. The molecule has 0 radical (unpaired) electrons. The molecule has 1 saturated heterocycles. The molecule has 6 atom stereocenters. The molecule has 2 aromatic rings. The molecule has 0 spiro atoms. The van der Waals surface area contributed by atoms with Crippen LogP contribution < -0.4 is 31.6 Å². The summed E-state index contributed by atoms with van der Waals surface area (Å²) < 4.78 is 17.2. The highest BCUT2D eigenvalue weighted by molar-refractivity contribution is 6.30. The van der Waals surface area contributed by atoms with Crippen molar-refractivity contribution < 1.29 is 49.3 Å². The van der Waals surface area contributed by atoms with Gasteiger partial charge in [0, 0.05) is 29.9 Å². The highest BCUT2D eigenvalue weighted by Crippen LogP contribution is 2.42. The number of aromatic hydroxyl groups is 1. The number of ether oxygens (including phenoxy) is 3. The number of nitrogens with two attached hydrogens (primary N) is 2. The van der Waals surface area contributed by atoms with E-state index in [1.54, 1.807) is 18.3 Å². The Balaban J connectivity index is 1.26. The standard InChI is InChI=1S/C35H40N4O10/c1-47-20-13-22-29(31(43)28-21(30(22)42)10-19(11-23(28)41)3-2-18-4-5-26(36)39-15-18)24(14-20)48-34-32(44)33(45)35(46,25(16-40)49-34)8-6-17-7-9-38-27(37)12-17/h4-5,7,10-15,25-26,32-34,38-41,44-46H,2-3,6,8-9,16,36-37H2,1H3. The number of hydrogen-bond acceptors (Lipinski definition) is 14. The molecule has 6 unspecified atom stereocenters. The van der Waals surface area contributed by atoms with E-state index in [0.717, 1.165) is 11.1 Å². The van der Waals surface area contributed by atoms with Crippen LogP contribution in [0, 0.1) is 0 Å². The second-order valence-electron chi connectivity index (χ2n) is 12.5. The van der Waals surface area contributed by atoms with Gasteiger partial charge in [-0.15, -0.1) is 0 Å². The van der Waals surface area contributed by atoms with E-state index in [2.05, 4.69) is 10.6 Å². The number of carbonyl (C=O) groups is 2. The summed E-state index contributed by atoms with van der Waals surface area (Å²) in [6, 6.07) is 5.70. The minimum absolute atomic E-state index is 0.00950. The van der Waals surface area contributed by atoms with Crippen LogP contribution in [0.25, 0.3) is 0 Å². The Hall–Kier alpha value is -4.70. The first-order valence-corrected chi connectivity index (χ1v) is 15.9. The molecule has 1 aliphatic carbocycles. The van der Waals surface area contributed by atoms with Gasteiger partial charge in [0.15, 0.2) is 5.78 Å². The third-order valence-corrected chi connectivity index (χ3v) is 9.32. The zero-order chi connectivity index (χ0) is 35.0. The number of nitrogens with one attached hydrogen (secondary N) is 2. The van der Waals surface area contributed by atoms with Crippen molar-refractivity contribution in [2.75, 3.05) is 20.3 Å². The Morgan fingerprint density at radius 3 is 2.51 bits per heavy atom. The van der Waals surface area contributed by atoms with Crippen LogP contribution >= 0.6 is 0 Å². The van der Waals surface area contributed by atoms with E-state index < -0.39 is 48.4 Å². The predicted molar refractivity (Wildman–Crippen MR) is 176 cm³/mol. The number of carbonyl (C=O) groups excluding carboxylic acids is 2. The zero-order valence-corrected chi connectivity index (χ0v) is 26.8. The first kappa shape index (κ1) is 34.2. The Labute approximate surface area is 282 Å². The highest BCUT2D eigenvalue weighted by Gasteiger charge is 2.55. The molecule has 3 aliphatic heterocycles. The molecule has 14 heteroatoms. The van der Waals surface area contributed by atoms with Crippen LogP contribution in [0.3, 0.4) is 0 Å². The van der Waals surface area contributed by atoms with Gasteiger partial charge in [0.25, 0.3) is 0 Å². The lowest BCUT2D eigenvalue weighted by Crippen LogP contribution is -2.67. The Morgan fingerprint density at radius 1 is 1.04 bits per heavy atom. The molecule has 49 heavy (non-hydrogen) atoms. The molecular formula is C35H40N4O10. The maximum atomic E-state index is 14.0. The summed E-state index contributed by atoms with van der Waals surface area (Å²) in [6.07, 6.45) is 3.19. The lowest BCUT2D eigenvalue weighted by molar-refractivity contribution is -0.314. The largest absolute Gasteiger partial charge is 0.507 e. The molecule has 0 aromatic heterocycles. The number of aryl methyl sites for hydroxylation is 1. The van der Waals surface area contributed by atoms with E-state index in [1.807, 2.05) is 18.2 Å². The summed E-state index contributed by atoms with van der Waals surface area (Å²) in [5.41, 5.74) is 11.5. The first-order chi connectivity index (χ1) is 23.4. The van der Waals surface area contributed by atoms with Gasteiger partial charge in [0.1, 0.15) is 41.2 Å². The van der Waals surface area contributed by atoms with Crippen molar-refractivity contribution in [1.82, 2.24) is 10.6 Å². The number of aliphatic hydroxyl groups excluding tert-OH is 3. The molecule has 0 saturated carbocycles. The van der Waals surface area contributed by atoms with Crippen molar-refractivity contribution in [3.05, 3.63) is 99.6 Å². The number of phenols is 1. The van der Waals surface area contributed by atoms with Crippen molar-refractivity contribution in [2.24, 2.45) is 11.5 Å². The smallest absolute Gasteiger partial charge is 0.229 e. The van der Waals surface area contributed by atoms with Crippen LogP contribution in [0.15, 0.2) is 71.7 Å². The minimum Gasteiger partial charge on any atom is -0.507 e. The van der Waals surface area contributed by atoms with Crippen LogP contribution in [0.5, 0.6) is 17.2 Å². The summed E-state index contributed by atoms with van der Waals surface area (Å²) >= 11 is 0. The fraction of sp³-hybridized carbons (Fsp3) is 0.371. The van der Waals surface area contributed by atoms with Gasteiger partial charge in [0.2, 0.25) is 12.1 Å². The second kappa shape index (κ2) is 13.7. The van der Waals surface area contributed by atoms with E-state index in [0.29, 0.717) is 30.8 Å². The van der Waals surface area contributed by atoms with Crippen LogP contribution in [0.4, 0.5) is 0 Å². The number of rotatable bonds is 10. The first-order valence-electron chi connectivity index (χ1n) is 15.9. The molecule has 14 nitrogen and oxygen atoms in total. The summed E-state index contributed by atoms with van der Waals surface area (Å²) in [6.45, 7) is -0.260. The number of benzene rings is 2. The molecular weight excluding hydrogens is 636 g/mol. The van der Waals surface area contributed by atoms with E-state index in [4.69, 9.17) is 25.7 Å². The van der Waals surface area contributed by atoms with Gasteiger partial charge in [-0.05, 0) is 72.7 Å². The van der Waals surface area contributed by atoms with Crippen LogP contribution in [0.1, 0.15) is 56.7 Å². The molecule has 2 aromatic carbocycles. The molecule has 0 bridgehead atoms.